The Bertz CT molecular complexity index is 1470. The molecule has 2 aromatic carbocycles. The van der Waals surface area contributed by atoms with E-state index in [1.807, 2.05) is 9.47 Å². The number of rotatable bonds is 8. The highest BCUT2D eigenvalue weighted by molar-refractivity contribution is 6.31. The van der Waals surface area contributed by atoms with Gasteiger partial charge in [-0.3, -0.25) is 19.3 Å². The molecule has 0 bridgehead atoms. The fraction of sp³-hybridized carbons (Fsp3) is 0.370. The molecule has 0 unspecified atom stereocenters. The van der Waals surface area contributed by atoms with Crippen LogP contribution in [0.5, 0.6) is 5.75 Å². The third-order valence-electron chi connectivity index (χ3n) is 6.87. The van der Waals surface area contributed by atoms with Crippen LogP contribution in [0.3, 0.4) is 0 Å². The molecule has 1 aliphatic carbocycles. The molecule has 200 valence electrons. The average Bonchev–Trinajstić information content (AvgIpc) is 3.73. The molecule has 1 saturated heterocycles. The van der Waals surface area contributed by atoms with Gasteiger partial charge in [0.2, 0.25) is 5.43 Å². The lowest BCUT2D eigenvalue weighted by Gasteiger charge is -2.31. The van der Waals surface area contributed by atoms with Crippen LogP contribution in [0.25, 0.3) is 10.9 Å². The maximum Gasteiger partial charge on any atom is 0.256 e. The molecule has 38 heavy (non-hydrogen) atoms. The number of aromatic nitrogens is 1. The Hall–Kier alpha value is -3.01. The van der Waals surface area contributed by atoms with Crippen molar-refractivity contribution in [1.82, 2.24) is 14.8 Å². The summed E-state index contributed by atoms with van der Waals surface area (Å²) in [6.45, 7) is 1.11. The topological polar surface area (TPSA) is 80.6 Å². The van der Waals surface area contributed by atoms with Gasteiger partial charge in [-0.25, -0.2) is 8.78 Å². The Morgan fingerprint density at radius 2 is 1.71 bits per heavy atom. The van der Waals surface area contributed by atoms with E-state index >= 15 is 0 Å². The molecule has 1 amide bonds. The summed E-state index contributed by atoms with van der Waals surface area (Å²) >= 11 is 11.6. The summed E-state index contributed by atoms with van der Waals surface area (Å²) in [6.07, 6.45) is 4.56. The Kier molecular flexibility index (Phi) is 7.70. The lowest BCUT2D eigenvalue weighted by molar-refractivity contribution is -0.122. The number of ketones is 1. The summed E-state index contributed by atoms with van der Waals surface area (Å²) in [7, 11) is 0. The molecule has 2 fully saturated rings. The summed E-state index contributed by atoms with van der Waals surface area (Å²) in [6, 6.07) is 6.49. The molecule has 0 spiro atoms. The standard InChI is InChI=1S/C27H25Cl2F2N3O4/c28-21-4-3-18(9-23(21)30)38-14-17(35)12-33-7-5-15(6-8-33)32-27(37)20-13-34(16-1-2-16)25-11-22(29)24(31)10-19(25)26(20)36/h3-4,9-11,13,15-16H,1-2,5-8,12,14H2,(H,32,37). The SMILES string of the molecule is O=C(COc1ccc(Cl)c(F)c1)CN1CCC(NC(=O)c2cn(C3CC3)c3cc(Cl)c(F)cc3c2=O)CC1. The van der Waals surface area contributed by atoms with Crippen molar-refractivity contribution in [3.05, 3.63) is 74.0 Å². The predicted octanol–water partition coefficient (Wildman–Crippen LogP) is 4.76. The number of nitrogens with zero attached hydrogens (tertiary/aromatic N) is 2. The number of carbonyl (C=O) groups is 2. The number of carbonyl (C=O) groups excluding carboxylic acids is 2. The van der Waals surface area contributed by atoms with Crippen molar-refractivity contribution in [2.45, 2.75) is 37.8 Å². The van der Waals surface area contributed by atoms with E-state index < -0.39 is 23.0 Å². The minimum atomic E-state index is -0.705. The Morgan fingerprint density at radius 1 is 1.00 bits per heavy atom. The van der Waals surface area contributed by atoms with Crippen LogP contribution in [-0.4, -0.2) is 53.4 Å². The van der Waals surface area contributed by atoms with Gasteiger partial charge in [0, 0.05) is 42.8 Å². The smallest absolute Gasteiger partial charge is 0.256 e. The fourth-order valence-electron chi connectivity index (χ4n) is 4.68. The zero-order valence-electron chi connectivity index (χ0n) is 20.3. The second-order valence-corrected chi connectivity index (χ2v) is 10.5. The third-order valence-corrected chi connectivity index (χ3v) is 7.47. The number of amides is 1. The number of nitrogens with one attached hydrogen (secondary N) is 1. The maximum absolute atomic E-state index is 14.1. The average molecular weight is 564 g/mol. The van der Waals surface area contributed by atoms with E-state index in [2.05, 4.69) is 5.32 Å². The molecular weight excluding hydrogens is 539 g/mol. The molecule has 0 radical (unpaired) electrons. The first-order valence-electron chi connectivity index (χ1n) is 12.4. The molecule has 11 heteroatoms. The van der Waals surface area contributed by atoms with Crippen molar-refractivity contribution in [3.8, 4) is 5.75 Å². The minimum absolute atomic E-state index is 0.0216. The normalized spacial score (nSPS) is 16.5. The van der Waals surface area contributed by atoms with Gasteiger partial charge in [0.1, 0.15) is 29.6 Å². The number of halogens is 4. The number of hydrogen-bond acceptors (Lipinski definition) is 5. The first kappa shape index (κ1) is 26.6. The first-order chi connectivity index (χ1) is 18.2. The van der Waals surface area contributed by atoms with Crippen LogP contribution in [0.15, 0.2) is 41.3 Å². The van der Waals surface area contributed by atoms with Gasteiger partial charge in [-0.2, -0.15) is 0 Å². The highest BCUT2D eigenvalue weighted by atomic mass is 35.5. The van der Waals surface area contributed by atoms with Crippen LogP contribution in [0.2, 0.25) is 10.0 Å². The summed E-state index contributed by atoms with van der Waals surface area (Å²) in [5, 5.41) is 2.97. The van der Waals surface area contributed by atoms with E-state index in [0.29, 0.717) is 31.4 Å². The number of Topliss-reactive ketones (excluding diaryl/α,β-unsaturated/α-hetero) is 1. The van der Waals surface area contributed by atoms with Gasteiger partial charge in [0.15, 0.2) is 5.78 Å². The molecule has 1 aromatic heterocycles. The molecule has 7 nitrogen and oxygen atoms in total. The van der Waals surface area contributed by atoms with E-state index in [4.69, 9.17) is 27.9 Å². The molecule has 1 saturated carbocycles. The van der Waals surface area contributed by atoms with Crippen molar-refractivity contribution in [2.24, 2.45) is 0 Å². The summed E-state index contributed by atoms with van der Waals surface area (Å²) in [5.74, 6) is -1.76. The molecule has 3 aromatic rings. The van der Waals surface area contributed by atoms with E-state index in [1.165, 1.54) is 18.2 Å². The number of ether oxygens (including phenoxy) is 1. The second kappa shape index (κ2) is 11.0. The zero-order valence-corrected chi connectivity index (χ0v) is 21.8. The number of piperidine rings is 1. The minimum Gasteiger partial charge on any atom is -0.486 e. The van der Waals surface area contributed by atoms with Gasteiger partial charge >= 0.3 is 0 Å². The molecular formula is C27H25Cl2F2N3O4. The van der Waals surface area contributed by atoms with E-state index in [1.54, 1.807) is 6.20 Å². The largest absolute Gasteiger partial charge is 0.486 e. The highest BCUT2D eigenvalue weighted by Gasteiger charge is 2.29. The zero-order chi connectivity index (χ0) is 27.0. The number of fused-ring (bicyclic) bond motifs is 1. The Labute approximate surface area is 227 Å². The summed E-state index contributed by atoms with van der Waals surface area (Å²) < 4.78 is 34.9. The highest BCUT2D eigenvalue weighted by Crippen LogP contribution is 2.37. The van der Waals surface area contributed by atoms with E-state index in [9.17, 15) is 23.2 Å². The van der Waals surface area contributed by atoms with Crippen LogP contribution in [0.4, 0.5) is 8.78 Å². The van der Waals surface area contributed by atoms with Crippen molar-refractivity contribution in [3.63, 3.8) is 0 Å². The number of benzene rings is 2. The van der Waals surface area contributed by atoms with Crippen molar-refractivity contribution in [2.75, 3.05) is 26.2 Å². The number of hydrogen-bond donors (Lipinski definition) is 1. The van der Waals surface area contributed by atoms with Gasteiger partial charge < -0.3 is 14.6 Å². The van der Waals surface area contributed by atoms with Crippen LogP contribution in [0.1, 0.15) is 42.1 Å². The lowest BCUT2D eigenvalue weighted by Crippen LogP contribution is -2.47. The van der Waals surface area contributed by atoms with Gasteiger partial charge in [0.05, 0.1) is 22.1 Å². The lowest BCUT2D eigenvalue weighted by atomic mass is 10.0. The van der Waals surface area contributed by atoms with Crippen molar-refractivity contribution in [1.29, 1.82) is 0 Å². The van der Waals surface area contributed by atoms with Gasteiger partial charge in [-0.1, -0.05) is 23.2 Å². The first-order valence-corrected chi connectivity index (χ1v) is 13.1. The number of likely N-dealkylation sites (tertiary alicyclic amines) is 1. The summed E-state index contributed by atoms with van der Waals surface area (Å²) in [4.78, 5) is 40.5. The van der Waals surface area contributed by atoms with Crippen molar-refractivity contribution < 1.29 is 23.1 Å². The number of pyridine rings is 1. The molecule has 5 rings (SSSR count). The van der Waals surface area contributed by atoms with Crippen LogP contribution in [-0.2, 0) is 4.79 Å². The summed E-state index contributed by atoms with van der Waals surface area (Å²) in [5.41, 5.74) is -0.0447. The van der Waals surface area contributed by atoms with E-state index in [0.717, 1.165) is 25.0 Å². The molecule has 2 aliphatic rings. The maximum atomic E-state index is 14.1. The van der Waals surface area contributed by atoms with Gasteiger partial charge in [-0.15, -0.1) is 0 Å². The quantitative estimate of drug-likeness (QED) is 0.427. The molecule has 0 atom stereocenters. The van der Waals surface area contributed by atoms with E-state index in [-0.39, 0.29) is 57.8 Å². The van der Waals surface area contributed by atoms with Gasteiger partial charge in [0.25, 0.3) is 5.91 Å². The Morgan fingerprint density at radius 3 is 2.39 bits per heavy atom. The monoisotopic (exact) mass is 563 g/mol. The fourth-order valence-corrected chi connectivity index (χ4v) is 4.96. The molecule has 1 N–H and O–H groups in total. The van der Waals surface area contributed by atoms with Gasteiger partial charge in [-0.05, 0) is 49.9 Å². The van der Waals surface area contributed by atoms with Crippen LogP contribution in [0, 0.1) is 11.6 Å². The predicted molar refractivity (Wildman–Crippen MR) is 140 cm³/mol. The van der Waals surface area contributed by atoms with Crippen molar-refractivity contribution >= 4 is 45.8 Å². The molecule has 1 aliphatic heterocycles. The van der Waals surface area contributed by atoms with Crippen LogP contribution >= 0.6 is 23.2 Å². The second-order valence-electron chi connectivity index (χ2n) is 9.72. The Balaban J connectivity index is 1.17. The third kappa shape index (κ3) is 5.85. The molecule has 2 heterocycles. The van der Waals surface area contributed by atoms with Crippen LogP contribution < -0.4 is 15.5 Å².